The van der Waals surface area contributed by atoms with E-state index in [0.29, 0.717) is 48.7 Å². The summed E-state index contributed by atoms with van der Waals surface area (Å²) in [5.41, 5.74) is 4.51. The average Bonchev–Trinajstić information content (AvgIpc) is 3.23. The zero-order valence-corrected chi connectivity index (χ0v) is 24.0. The standard InChI is InChI=1S/C29H29F3N6O2.H2S/c1-17-12-20(27-33-14-21-13-22(29(30,31)32)5-6-23(21)34-27)4-7-25(17)37-8-9-38-26(28(37)39)19(3)24(35-38)16-36-10-11-40-18(2)15-36;/h4-7,12-14,18H,8-11,15-16H2,1-3H3;1H2/t18-;/m0./s1. The number of morpholine rings is 1. The Morgan fingerprint density at radius 3 is 2.61 bits per heavy atom. The third kappa shape index (κ3) is 5.55. The zero-order valence-electron chi connectivity index (χ0n) is 23.0. The largest absolute Gasteiger partial charge is 0.416 e. The van der Waals surface area contributed by atoms with Gasteiger partial charge in [0.05, 0.1) is 36.0 Å². The van der Waals surface area contributed by atoms with Gasteiger partial charge in [-0.05, 0) is 62.7 Å². The molecular weight excluding hydrogens is 553 g/mol. The molecule has 0 N–H and O–H groups in total. The van der Waals surface area contributed by atoms with Crippen LogP contribution >= 0.6 is 13.5 Å². The first kappa shape index (κ1) is 29.0. The molecule has 0 aliphatic carbocycles. The van der Waals surface area contributed by atoms with Gasteiger partial charge in [0.2, 0.25) is 0 Å². The maximum atomic E-state index is 13.7. The summed E-state index contributed by atoms with van der Waals surface area (Å²) >= 11 is 0. The lowest BCUT2D eigenvalue weighted by Crippen LogP contribution is -2.41. The van der Waals surface area contributed by atoms with E-state index < -0.39 is 11.7 Å². The summed E-state index contributed by atoms with van der Waals surface area (Å²) in [6.07, 6.45) is -2.84. The van der Waals surface area contributed by atoms with Crippen molar-refractivity contribution in [2.75, 3.05) is 31.1 Å². The number of aromatic nitrogens is 4. The number of alkyl halides is 3. The molecule has 8 nitrogen and oxygen atoms in total. The monoisotopic (exact) mass is 584 g/mol. The van der Waals surface area contributed by atoms with E-state index in [1.807, 2.05) is 36.7 Å². The molecule has 12 heteroatoms. The van der Waals surface area contributed by atoms with Crippen molar-refractivity contribution in [3.8, 4) is 11.4 Å². The van der Waals surface area contributed by atoms with Crippen molar-refractivity contribution >= 4 is 36.0 Å². The number of anilines is 1. The molecule has 2 aromatic heterocycles. The SMILES string of the molecule is Cc1cc(-c2ncc3cc(C(F)(F)F)ccc3n2)ccc1N1CCn2nc(CN3CCO[C@@H](C)C3)c(C)c2C1=O.S. The van der Waals surface area contributed by atoms with E-state index in [1.54, 1.807) is 4.90 Å². The Hall–Kier alpha value is -3.48. The summed E-state index contributed by atoms with van der Waals surface area (Å²) in [7, 11) is 0. The number of carbonyl (C=O) groups excluding carboxylic acids is 1. The van der Waals surface area contributed by atoms with Gasteiger partial charge in [-0.1, -0.05) is 0 Å². The summed E-state index contributed by atoms with van der Waals surface area (Å²) < 4.78 is 46.6. The molecule has 1 amide bonds. The number of nitrogens with zero attached hydrogens (tertiary/aromatic N) is 6. The number of aryl methyl sites for hydroxylation is 1. The summed E-state index contributed by atoms with van der Waals surface area (Å²) in [6.45, 7) is 10.1. The first-order valence-electron chi connectivity index (χ1n) is 13.3. The Labute approximate surface area is 242 Å². The maximum Gasteiger partial charge on any atom is 0.416 e. The van der Waals surface area contributed by atoms with Gasteiger partial charge >= 0.3 is 6.18 Å². The molecule has 0 radical (unpaired) electrons. The topological polar surface area (TPSA) is 76.4 Å². The molecule has 6 rings (SSSR count). The molecule has 4 heterocycles. The molecule has 4 aromatic rings. The Balaban J connectivity index is 0.00000337. The van der Waals surface area contributed by atoms with Gasteiger partial charge in [0.1, 0.15) is 5.69 Å². The van der Waals surface area contributed by atoms with Gasteiger partial charge in [-0.3, -0.25) is 14.4 Å². The summed E-state index contributed by atoms with van der Waals surface area (Å²) in [5.74, 6) is 0.319. The third-order valence-electron chi connectivity index (χ3n) is 7.62. The highest BCUT2D eigenvalue weighted by Gasteiger charge is 2.32. The molecule has 0 bridgehead atoms. The van der Waals surface area contributed by atoms with Gasteiger partial charge in [-0.15, -0.1) is 0 Å². The van der Waals surface area contributed by atoms with Gasteiger partial charge in [0.25, 0.3) is 5.91 Å². The molecule has 1 saturated heterocycles. The number of benzene rings is 2. The molecule has 216 valence electrons. The Bertz CT molecular complexity index is 1620. The number of halogens is 3. The molecule has 2 aliphatic heterocycles. The number of amides is 1. The number of rotatable bonds is 4. The van der Waals surface area contributed by atoms with E-state index in [1.165, 1.54) is 12.3 Å². The van der Waals surface area contributed by atoms with E-state index in [2.05, 4.69) is 21.8 Å². The second-order valence-electron chi connectivity index (χ2n) is 10.5. The fourth-order valence-corrected chi connectivity index (χ4v) is 5.53. The van der Waals surface area contributed by atoms with Crippen molar-refractivity contribution in [3.63, 3.8) is 0 Å². The fourth-order valence-electron chi connectivity index (χ4n) is 5.53. The molecule has 0 unspecified atom stereocenters. The highest BCUT2D eigenvalue weighted by molar-refractivity contribution is 7.59. The van der Waals surface area contributed by atoms with Crippen molar-refractivity contribution in [1.29, 1.82) is 0 Å². The van der Waals surface area contributed by atoms with E-state index in [0.717, 1.165) is 53.3 Å². The van der Waals surface area contributed by atoms with Gasteiger partial charge in [-0.2, -0.15) is 31.8 Å². The molecule has 41 heavy (non-hydrogen) atoms. The molecule has 1 atom stereocenters. The van der Waals surface area contributed by atoms with Crippen LogP contribution in [-0.4, -0.2) is 62.9 Å². The molecule has 0 saturated carbocycles. The van der Waals surface area contributed by atoms with Crippen LogP contribution in [0.25, 0.3) is 22.3 Å². The van der Waals surface area contributed by atoms with Gasteiger partial charge in [0.15, 0.2) is 5.82 Å². The van der Waals surface area contributed by atoms with Crippen LogP contribution in [0.15, 0.2) is 42.6 Å². The number of ether oxygens (including phenoxy) is 1. The first-order valence-corrected chi connectivity index (χ1v) is 13.3. The lowest BCUT2D eigenvalue weighted by Gasteiger charge is -2.30. The molecule has 2 aliphatic rings. The van der Waals surface area contributed by atoms with Gasteiger partial charge in [0, 0.05) is 54.6 Å². The van der Waals surface area contributed by atoms with Crippen molar-refractivity contribution in [2.45, 2.75) is 46.1 Å². The van der Waals surface area contributed by atoms with Crippen LogP contribution in [0.5, 0.6) is 0 Å². The van der Waals surface area contributed by atoms with Crippen molar-refractivity contribution < 1.29 is 22.7 Å². The first-order chi connectivity index (χ1) is 19.1. The van der Waals surface area contributed by atoms with Crippen LogP contribution in [0.4, 0.5) is 18.9 Å². The second-order valence-corrected chi connectivity index (χ2v) is 10.5. The lowest BCUT2D eigenvalue weighted by atomic mass is 10.1. The fraction of sp³-hybridized carbons (Fsp3) is 0.379. The summed E-state index contributed by atoms with van der Waals surface area (Å²) in [4.78, 5) is 26.6. The minimum Gasteiger partial charge on any atom is -0.376 e. The third-order valence-corrected chi connectivity index (χ3v) is 7.62. The molecule has 2 aromatic carbocycles. The number of hydrogen-bond donors (Lipinski definition) is 0. The van der Waals surface area contributed by atoms with E-state index in [-0.39, 0.29) is 25.5 Å². The highest BCUT2D eigenvalue weighted by Crippen LogP contribution is 2.33. The maximum absolute atomic E-state index is 13.7. The zero-order chi connectivity index (χ0) is 28.2. The lowest BCUT2D eigenvalue weighted by molar-refractivity contribution is -0.137. The second kappa shape index (κ2) is 11.1. The van der Waals surface area contributed by atoms with Crippen LogP contribution in [0.2, 0.25) is 0 Å². The smallest absolute Gasteiger partial charge is 0.376 e. The number of fused-ring (bicyclic) bond motifs is 2. The van der Waals surface area contributed by atoms with Crippen LogP contribution in [-0.2, 0) is 24.0 Å². The summed E-state index contributed by atoms with van der Waals surface area (Å²) in [6, 6.07) is 9.04. The quantitative estimate of drug-likeness (QED) is 0.332. The highest BCUT2D eigenvalue weighted by atomic mass is 32.1. The van der Waals surface area contributed by atoms with Crippen molar-refractivity contribution in [3.05, 3.63) is 70.7 Å². The minimum atomic E-state index is -4.43. The number of carbonyl (C=O) groups is 1. The van der Waals surface area contributed by atoms with Crippen LogP contribution in [0.1, 0.15) is 39.8 Å². The van der Waals surface area contributed by atoms with E-state index in [9.17, 15) is 18.0 Å². The van der Waals surface area contributed by atoms with Crippen molar-refractivity contribution in [1.82, 2.24) is 24.6 Å². The van der Waals surface area contributed by atoms with Crippen LogP contribution in [0, 0.1) is 13.8 Å². The Kier molecular flexibility index (Phi) is 7.84. The van der Waals surface area contributed by atoms with Crippen LogP contribution in [0.3, 0.4) is 0 Å². The van der Waals surface area contributed by atoms with E-state index >= 15 is 0 Å². The normalized spacial score (nSPS) is 18.0. The molecule has 0 spiro atoms. The van der Waals surface area contributed by atoms with Crippen molar-refractivity contribution in [2.24, 2.45) is 0 Å². The number of hydrogen-bond acceptors (Lipinski definition) is 6. The summed E-state index contributed by atoms with van der Waals surface area (Å²) in [5, 5.41) is 5.10. The van der Waals surface area contributed by atoms with E-state index in [4.69, 9.17) is 9.84 Å². The predicted octanol–water partition coefficient (Wildman–Crippen LogP) is 5.12. The Morgan fingerprint density at radius 2 is 1.88 bits per heavy atom. The van der Waals surface area contributed by atoms with Gasteiger partial charge in [-0.25, -0.2) is 9.97 Å². The Morgan fingerprint density at radius 1 is 1.07 bits per heavy atom. The molecule has 1 fully saturated rings. The van der Waals surface area contributed by atoms with Crippen LogP contribution < -0.4 is 4.90 Å². The van der Waals surface area contributed by atoms with Gasteiger partial charge < -0.3 is 9.64 Å². The predicted molar refractivity (Wildman–Crippen MR) is 154 cm³/mol. The molecular formula is C29H31F3N6O2S. The minimum absolute atomic E-state index is 0. The average molecular weight is 585 g/mol.